The van der Waals surface area contributed by atoms with Crippen molar-refractivity contribution in [1.82, 2.24) is 5.32 Å². The molecule has 4 heteroatoms. The average molecular weight is 282 g/mol. The van der Waals surface area contributed by atoms with E-state index in [2.05, 4.69) is 5.32 Å². The summed E-state index contributed by atoms with van der Waals surface area (Å²) in [5.74, 6) is 0.234. The lowest BCUT2D eigenvalue weighted by molar-refractivity contribution is -0.125. The number of benzene rings is 1. The molecule has 1 aromatic carbocycles. The molecule has 1 aromatic rings. The Hall–Kier alpha value is -1.06. The molecular weight excluding hydrogens is 262 g/mol. The van der Waals surface area contributed by atoms with Crippen LogP contribution in [0.1, 0.15) is 32.3 Å². The molecule has 2 N–H and O–H groups in total. The summed E-state index contributed by atoms with van der Waals surface area (Å²) in [6, 6.07) is 7.28. The van der Waals surface area contributed by atoms with Crippen LogP contribution in [0.4, 0.5) is 0 Å². The number of halogens is 1. The number of hydrogen-bond donors (Lipinski definition) is 2. The average Bonchev–Trinajstić information content (AvgIpc) is 3.17. The Bertz CT molecular complexity index is 452. The second-order valence-corrected chi connectivity index (χ2v) is 6.03. The number of aliphatic hydroxyl groups excluding tert-OH is 1. The van der Waals surface area contributed by atoms with Crippen LogP contribution in [0, 0.1) is 5.92 Å². The van der Waals surface area contributed by atoms with Crippen molar-refractivity contribution in [2.45, 2.75) is 38.1 Å². The molecule has 0 saturated heterocycles. The van der Waals surface area contributed by atoms with Gasteiger partial charge in [-0.2, -0.15) is 0 Å². The zero-order valence-electron chi connectivity index (χ0n) is 11.3. The maximum atomic E-state index is 12.4. The van der Waals surface area contributed by atoms with Crippen molar-refractivity contribution in [1.29, 1.82) is 0 Å². The van der Waals surface area contributed by atoms with Gasteiger partial charge in [0.05, 0.1) is 18.1 Å². The van der Waals surface area contributed by atoms with Gasteiger partial charge in [-0.25, -0.2) is 0 Å². The van der Waals surface area contributed by atoms with E-state index in [4.69, 9.17) is 11.6 Å². The highest BCUT2D eigenvalue weighted by atomic mass is 35.5. The van der Waals surface area contributed by atoms with E-state index in [1.165, 1.54) is 0 Å². The zero-order valence-corrected chi connectivity index (χ0v) is 12.1. The molecule has 0 bridgehead atoms. The van der Waals surface area contributed by atoms with Crippen molar-refractivity contribution in [2.24, 2.45) is 5.92 Å². The van der Waals surface area contributed by atoms with Crippen LogP contribution >= 0.6 is 11.6 Å². The molecule has 0 heterocycles. The molecule has 2 rings (SSSR count). The summed E-state index contributed by atoms with van der Waals surface area (Å²) in [4.78, 5) is 12.4. The highest BCUT2D eigenvalue weighted by molar-refractivity contribution is 6.30. The van der Waals surface area contributed by atoms with Crippen LogP contribution in [0.5, 0.6) is 0 Å². The molecule has 1 saturated carbocycles. The van der Waals surface area contributed by atoms with Gasteiger partial charge in [-0.3, -0.25) is 4.79 Å². The smallest absolute Gasteiger partial charge is 0.230 e. The number of hydrogen-bond acceptors (Lipinski definition) is 2. The third kappa shape index (κ3) is 2.93. The Balaban J connectivity index is 2.12. The third-order valence-corrected chi connectivity index (χ3v) is 4.15. The largest absolute Gasteiger partial charge is 0.394 e. The van der Waals surface area contributed by atoms with Crippen molar-refractivity contribution in [2.75, 3.05) is 6.61 Å². The topological polar surface area (TPSA) is 49.3 Å². The van der Waals surface area contributed by atoms with E-state index >= 15 is 0 Å². The Morgan fingerprint density at radius 1 is 1.37 bits per heavy atom. The van der Waals surface area contributed by atoms with Crippen molar-refractivity contribution in [3.05, 3.63) is 34.9 Å². The first-order valence-electron chi connectivity index (χ1n) is 6.67. The standard InChI is InChI=1S/C15H20ClNO2/c1-10(2)13(9-18)17-14(19)15(7-8-15)11-3-5-12(16)6-4-11/h3-6,10,13,18H,7-9H2,1-2H3,(H,17,19)/t13-/m0/s1. The second kappa shape index (κ2) is 5.51. The molecule has 1 atom stereocenters. The summed E-state index contributed by atoms with van der Waals surface area (Å²) in [6.45, 7) is 3.95. The first kappa shape index (κ1) is 14.4. The minimum Gasteiger partial charge on any atom is -0.394 e. The third-order valence-electron chi connectivity index (χ3n) is 3.90. The van der Waals surface area contributed by atoms with Crippen molar-refractivity contribution in [3.8, 4) is 0 Å². The van der Waals surface area contributed by atoms with Crippen LogP contribution in [-0.2, 0) is 10.2 Å². The SMILES string of the molecule is CC(C)[C@H](CO)NC(=O)C1(c2ccc(Cl)cc2)CC1. The van der Waals surface area contributed by atoms with Crippen LogP contribution in [0.15, 0.2) is 24.3 Å². The van der Waals surface area contributed by atoms with Crippen LogP contribution in [0.3, 0.4) is 0 Å². The van der Waals surface area contributed by atoms with E-state index in [0.29, 0.717) is 5.02 Å². The molecule has 0 radical (unpaired) electrons. The van der Waals surface area contributed by atoms with Gasteiger partial charge in [0, 0.05) is 5.02 Å². The maximum absolute atomic E-state index is 12.4. The van der Waals surface area contributed by atoms with Crippen LogP contribution < -0.4 is 5.32 Å². The predicted molar refractivity (Wildman–Crippen MR) is 76.2 cm³/mol. The molecule has 3 nitrogen and oxygen atoms in total. The van der Waals surface area contributed by atoms with Gasteiger partial charge in [0.1, 0.15) is 0 Å². The summed E-state index contributed by atoms with van der Waals surface area (Å²) >= 11 is 5.88. The number of carbonyl (C=O) groups excluding carboxylic acids is 1. The van der Waals surface area contributed by atoms with E-state index < -0.39 is 5.41 Å². The van der Waals surface area contributed by atoms with Gasteiger partial charge >= 0.3 is 0 Å². The lowest BCUT2D eigenvalue weighted by Crippen LogP contribution is -2.45. The zero-order chi connectivity index (χ0) is 14.0. The molecule has 1 fully saturated rings. The molecule has 0 spiro atoms. The van der Waals surface area contributed by atoms with Gasteiger partial charge in [0.25, 0.3) is 0 Å². The fourth-order valence-corrected chi connectivity index (χ4v) is 2.40. The quantitative estimate of drug-likeness (QED) is 0.871. The van der Waals surface area contributed by atoms with Gasteiger partial charge in [-0.1, -0.05) is 37.6 Å². The Labute approximate surface area is 119 Å². The van der Waals surface area contributed by atoms with E-state index in [0.717, 1.165) is 18.4 Å². The molecule has 104 valence electrons. The van der Waals surface area contributed by atoms with E-state index in [9.17, 15) is 9.90 Å². The van der Waals surface area contributed by atoms with Gasteiger partial charge in [-0.05, 0) is 36.5 Å². The van der Waals surface area contributed by atoms with Crippen molar-refractivity contribution in [3.63, 3.8) is 0 Å². The predicted octanol–water partition coefficient (Wildman–Crippen LogP) is 2.50. The lowest BCUT2D eigenvalue weighted by Gasteiger charge is -2.24. The van der Waals surface area contributed by atoms with Crippen molar-refractivity contribution < 1.29 is 9.90 Å². The minimum absolute atomic E-state index is 0.0163. The minimum atomic E-state index is -0.410. The molecule has 1 aliphatic rings. The number of nitrogens with one attached hydrogen (secondary N) is 1. The Morgan fingerprint density at radius 3 is 2.37 bits per heavy atom. The number of aliphatic hydroxyl groups is 1. The van der Waals surface area contributed by atoms with Crippen LogP contribution in [0.25, 0.3) is 0 Å². The number of carbonyl (C=O) groups is 1. The molecular formula is C15H20ClNO2. The van der Waals surface area contributed by atoms with Gasteiger partial charge in [0.2, 0.25) is 5.91 Å². The molecule has 0 aromatic heterocycles. The van der Waals surface area contributed by atoms with Crippen LogP contribution in [0.2, 0.25) is 5.02 Å². The number of amides is 1. The summed E-state index contributed by atoms with van der Waals surface area (Å²) in [5, 5.41) is 12.9. The first-order valence-corrected chi connectivity index (χ1v) is 7.05. The maximum Gasteiger partial charge on any atom is 0.230 e. The monoisotopic (exact) mass is 281 g/mol. The summed E-state index contributed by atoms with van der Waals surface area (Å²) < 4.78 is 0. The molecule has 1 aliphatic carbocycles. The van der Waals surface area contributed by atoms with E-state index in [1.807, 2.05) is 38.1 Å². The van der Waals surface area contributed by atoms with Gasteiger partial charge in [-0.15, -0.1) is 0 Å². The van der Waals surface area contributed by atoms with E-state index in [1.54, 1.807) is 0 Å². The van der Waals surface area contributed by atoms with Crippen LogP contribution in [-0.4, -0.2) is 23.7 Å². The summed E-state index contributed by atoms with van der Waals surface area (Å²) in [6.07, 6.45) is 1.72. The lowest BCUT2D eigenvalue weighted by atomic mass is 9.94. The molecule has 1 amide bonds. The highest BCUT2D eigenvalue weighted by Crippen LogP contribution is 2.48. The van der Waals surface area contributed by atoms with Crippen molar-refractivity contribution >= 4 is 17.5 Å². The Morgan fingerprint density at radius 2 is 1.95 bits per heavy atom. The first-order chi connectivity index (χ1) is 8.99. The Kier molecular flexibility index (Phi) is 4.16. The summed E-state index contributed by atoms with van der Waals surface area (Å²) in [5.41, 5.74) is 0.599. The normalized spacial score (nSPS) is 18.2. The van der Waals surface area contributed by atoms with E-state index in [-0.39, 0.29) is 24.5 Å². The number of rotatable bonds is 5. The molecule has 19 heavy (non-hydrogen) atoms. The van der Waals surface area contributed by atoms with Gasteiger partial charge < -0.3 is 10.4 Å². The highest BCUT2D eigenvalue weighted by Gasteiger charge is 2.51. The molecule has 0 unspecified atom stereocenters. The second-order valence-electron chi connectivity index (χ2n) is 5.60. The fraction of sp³-hybridized carbons (Fsp3) is 0.533. The summed E-state index contributed by atoms with van der Waals surface area (Å²) in [7, 11) is 0. The van der Waals surface area contributed by atoms with Gasteiger partial charge in [0.15, 0.2) is 0 Å². The molecule has 0 aliphatic heterocycles. The fourth-order valence-electron chi connectivity index (χ4n) is 2.27.